The summed E-state index contributed by atoms with van der Waals surface area (Å²) in [4.78, 5) is 50.4. The topological polar surface area (TPSA) is 111 Å². The third kappa shape index (κ3) is 5.10. The van der Waals surface area contributed by atoms with E-state index in [9.17, 15) is 19.2 Å². The van der Waals surface area contributed by atoms with Gasteiger partial charge in [-0.2, -0.15) is 0 Å². The number of anilines is 1. The maximum Gasteiger partial charge on any atom is 0.337 e. The van der Waals surface area contributed by atoms with Gasteiger partial charge in [0, 0.05) is 0 Å². The average molecular weight is 485 g/mol. The van der Waals surface area contributed by atoms with Gasteiger partial charge in [0.1, 0.15) is 12.2 Å². The summed E-state index contributed by atoms with van der Waals surface area (Å²) in [5.74, 6) is -1.66. The predicted octanol–water partition coefficient (Wildman–Crippen LogP) is 3.76. The number of amides is 4. The number of barbiturate groups is 1. The number of esters is 1. The summed E-state index contributed by atoms with van der Waals surface area (Å²) in [5, 5.41) is 2.34. The Bertz CT molecular complexity index is 1190. The van der Waals surface area contributed by atoms with Gasteiger partial charge in [-0.05, 0) is 55.0 Å². The number of nitrogens with one attached hydrogen (secondary N) is 1. The maximum atomic E-state index is 13.1. The average Bonchev–Trinajstić information content (AvgIpc) is 2.81. The molecule has 10 heteroatoms. The second-order valence-electron chi connectivity index (χ2n) is 6.86. The molecule has 1 aliphatic heterocycles. The van der Waals surface area contributed by atoms with E-state index in [1.165, 1.54) is 43.5 Å². The minimum absolute atomic E-state index is 0.162. The van der Waals surface area contributed by atoms with E-state index in [1.807, 2.05) is 0 Å². The number of carbonyl (C=O) groups excluding carboxylic acids is 4. The molecule has 0 bridgehead atoms. The Morgan fingerprint density at radius 1 is 1.15 bits per heavy atom. The predicted molar refractivity (Wildman–Crippen MR) is 125 cm³/mol. The van der Waals surface area contributed by atoms with Gasteiger partial charge >= 0.3 is 12.0 Å². The molecule has 3 rings (SSSR count). The molecule has 1 N–H and O–H groups in total. The van der Waals surface area contributed by atoms with Gasteiger partial charge in [-0.25, -0.2) is 14.5 Å². The highest BCUT2D eigenvalue weighted by molar-refractivity contribution is 6.39. The number of nitrogens with zero attached hydrogens (tertiary/aromatic N) is 1. The number of ether oxygens (including phenoxy) is 3. The highest BCUT2D eigenvalue weighted by Crippen LogP contribution is 2.37. The van der Waals surface area contributed by atoms with Gasteiger partial charge in [-0.1, -0.05) is 24.3 Å². The van der Waals surface area contributed by atoms with Crippen molar-refractivity contribution in [1.29, 1.82) is 0 Å². The van der Waals surface area contributed by atoms with Crippen LogP contribution in [0.15, 0.2) is 54.6 Å². The van der Waals surface area contributed by atoms with Crippen molar-refractivity contribution in [3.05, 3.63) is 70.8 Å². The van der Waals surface area contributed by atoms with Crippen LogP contribution >= 0.6 is 11.6 Å². The van der Waals surface area contributed by atoms with Crippen LogP contribution in [0, 0.1) is 0 Å². The standard InChI is InChI=1S/C24H21ClN2O7/c1-4-10-34-20-18(25)12-14(13-19(20)33-5-2)11-17-21(28)26-24(31)27(22(17)29)16-8-6-15(7-9-16)23(30)32-3/h4,6-9,11-13H,1,5,10H2,2-3H3,(H,26,28,31). The van der Waals surface area contributed by atoms with Crippen molar-refractivity contribution in [1.82, 2.24) is 5.32 Å². The molecule has 0 aliphatic carbocycles. The third-order valence-corrected chi connectivity index (χ3v) is 4.92. The van der Waals surface area contributed by atoms with Crippen molar-refractivity contribution in [2.45, 2.75) is 6.92 Å². The SMILES string of the molecule is C=CCOc1c(Cl)cc(C=C2C(=O)NC(=O)N(c3ccc(C(=O)OC)cc3)C2=O)cc1OCC. The van der Waals surface area contributed by atoms with Gasteiger partial charge in [0.05, 0.1) is 30.0 Å². The van der Waals surface area contributed by atoms with E-state index in [0.717, 1.165) is 4.90 Å². The second kappa shape index (κ2) is 10.7. The van der Waals surface area contributed by atoms with Crippen LogP contribution in [0.4, 0.5) is 10.5 Å². The van der Waals surface area contributed by atoms with Crippen LogP contribution in [-0.4, -0.2) is 44.1 Å². The zero-order valence-electron chi connectivity index (χ0n) is 18.4. The number of methoxy groups -OCH3 is 1. The number of halogens is 1. The van der Waals surface area contributed by atoms with E-state index in [1.54, 1.807) is 19.1 Å². The maximum absolute atomic E-state index is 13.1. The quantitative estimate of drug-likeness (QED) is 0.263. The highest BCUT2D eigenvalue weighted by atomic mass is 35.5. The second-order valence-corrected chi connectivity index (χ2v) is 7.27. The highest BCUT2D eigenvalue weighted by Gasteiger charge is 2.37. The lowest BCUT2D eigenvalue weighted by molar-refractivity contribution is -0.122. The van der Waals surface area contributed by atoms with Crippen molar-refractivity contribution < 1.29 is 33.4 Å². The lowest BCUT2D eigenvalue weighted by atomic mass is 10.1. The fourth-order valence-electron chi connectivity index (χ4n) is 3.14. The first kappa shape index (κ1) is 24.5. The molecular formula is C24H21ClN2O7. The molecule has 2 aromatic rings. The van der Waals surface area contributed by atoms with E-state index < -0.39 is 23.8 Å². The van der Waals surface area contributed by atoms with Crippen molar-refractivity contribution in [3.63, 3.8) is 0 Å². The first-order valence-corrected chi connectivity index (χ1v) is 10.5. The number of urea groups is 1. The summed E-state index contributed by atoms with van der Waals surface area (Å²) in [6.45, 7) is 5.90. The first-order chi connectivity index (χ1) is 16.3. The summed E-state index contributed by atoms with van der Waals surface area (Å²) in [6, 6.07) is 7.74. The van der Waals surface area contributed by atoms with Gasteiger partial charge in [-0.3, -0.25) is 14.9 Å². The molecule has 176 valence electrons. The molecule has 1 saturated heterocycles. The fourth-order valence-corrected chi connectivity index (χ4v) is 3.41. The van der Waals surface area contributed by atoms with Crippen LogP contribution in [0.3, 0.4) is 0 Å². The molecule has 0 saturated carbocycles. The van der Waals surface area contributed by atoms with Crippen molar-refractivity contribution in [2.75, 3.05) is 25.2 Å². The molecule has 1 fully saturated rings. The zero-order valence-corrected chi connectivity index (χ0v) is 19.2. The molecule has 0 radical (unpaired) electrons. The van der Waals surface area contributed by atoms with Gasteiger partial charge < -0.3 is 14.2 Å². The van der Waals surface area contributed by atoms with E-state index in [4.69, 9.17) is 21.1 Å². The number of imide groups is 2. The molecule has 0 spiro atoms. The molecule has 9 nitrogen and oxygen atoms in total. The summed E-state index contributed by atoms with van der Waals surface area (Å²) in [6.07, 6.45) is 2.85. The van der Waals surface area contributed by atoms with Crippen LogP contribution in [-0.2, 0) is 14.3 Å². The number of hydrogen-bond donors (Lipinski definition) is 1. The minimum Gasteiger partial charge on any atom is -0.490 e. The van der Waals surface area contributed by atoms with Crippen molar-refractivity contribution in [3.8, 4) is 11.5 Å². The van der Waals surface area contributed by atoms with Gasteiger partial charge in [0.15, 0.2) is 11.5 Å². The molecule has 0 unspecified atom stereocenters. The first-order valence-electron chi connectivity index (χ1n) is 10.1. The number of benzene rings is 2. The van der Waals surface area contributed by atoms with E-state index in [-0.39, 0.29) is 28.5 Å². The van der Waals surface area contributed by atoms with Crippen LogP contribution in [0.2, 0.25) is 5.02 Å². The van der Waals surface area contributed by atoms with Crippen LogP contribution in [0.1, 0.15) is 22.8 Å². The number of hydrogen-bond acceptors (Lipinski definition) is 7. The molecule has 4 amide bonds. The normalized spacial score (nSPS) is 14.6. The Morgan fingerprint density at radius 2 is 1.85 bits per heavy atom. The molecule has 0 aromatic heterocycles. The van der Waals surface area contributed by atoms with E-state index in [2.05, 4.69) is 16.6 Å². The minimum atomic E-state index is -0.917. The summed E-state index contributed by atoms with van der Waals surface area (Å²) >= 11 is 6.34. The van der Waals surface area contributed by atoms with E-state index in [0.29, 0.717) is 23.7 Å². The molecule has 2 aromatic carbocycles. The summed E-state index contributed by atoms with van der Waals surface area (Å²) < 4.78 is 15.8. The number of carbonyl (C=O) groups is 4. The fraction of sp³-hybridized carbons (Fsp3) is 0.167. The molecule has 0 atom stereocenters. The van der Waals surface area contributed by atoms with E-state index >= 15 is 0 Å². The van der Waals surface area contributed by atoms with Crippen molar-refractivity contribution in [2.24, 2.45) is 0 Å². The lowest BCUT2D eigenvalue weighted by Crippen LogP contribution is -2.54. The molecule has 1 heterocycles. The van der Waals surface area contributed by atoms with Crippen LogP contribution < -0.4 is 19.7 Å². The van der Waals surface area contributed by atoms with Gasteiger partial charge in [0.25, 0.3) is 11.8 Å². The molecular weight excluding hydrogens is 464 g/mol. The number of rotatable bonds is 8. The smallest absolute Gasteiger partial charge is 0.337 e. The Kier molecular flexibility index (Phi) is 7.70. The van der Waals surface area contributed by atoms with Crippen LogP contribution in [0.25, 0.3) is 6.08 Å². The Hall–Kier alpha value is -4.11. The molecule has 34 heavy (non-hydrogen) atoms. The van der Waals surface area contributed by atoms with Gasteiger partial charge in [-0.15, -0.1) is 0 Å². The third-order valence-electron chi connectivity index (χ3n) is 4.64. The zero-order chi connectivity index (χ0) is 24.8. The Labute approximate surface area is 200 Å². The lowest BCUT2D eigenvalue weighted by Gasteiger charge is -2.26. The summed E-state index contributed by atoms with van der Waals surface area (Å²) in [7, 11) is 1.24. The Morgan fingerprint density at radius 3 is 2.47 bits per heavy atom. The monoisotopic (exact) mass is 484 g/mol. The van der Waals surface area contributed by atoms with Crippen molar-refractivity contribution >= 4 is 47.2 Å². The van der Waals surface area contributed by atoms with Crippen LogP contribution in [0.5, 0.6) is 11.5 Å². The Balaban J connectivity index is 1.99. The molecule has 1 aliphatic rings. The van der Waals surface area contributed by atoms with Gasteiger partial charge in [0.2, 0.25) is 0 Å². The summed E-state index contributed by atoms with van der Waals surface area (Å²) in [5.41, 5.74) is 0.484. The largest absolute Gasteiger partial charge is 0.490 e.